The molecule has 4 rings (SSSR count). The van der Waals surface area contributed by atoms with Crippen molar-refractivity contribution >= 4 is 34.7 Å². The summed E-state index contributed by atoms with van der Waals surface area (Å²) in [6, 6.07) is 17.1. The molecule has 2 aliphatic heterocycles. The lowest BCUT2D eigenvalue weighted by atomic mass is 9.93. The first-order chi connectivity index (χ1) is 19.0. The highest BCUT2D eigenvalue weighted by atomic mass is 32.1. The molecule has 6 atom stereocenters. The first kappa shape index (κ1) is 31.5. The van der Waals surface area contributed by atoms with Crippen LogP contribution in [0.4, 0.5) is 33.7 Å². The van der Waals surface area contributed by atoms with Gasteiger partial charge >= 0.3 is 6.03 Å². The lowest BCUT2D eigenvalue weighted by Crippen LogP contribution is -2.56. The van der Waals surface area contributed by atoms with Crippen molar-refractivity contribution in [1.82, 2.24) is 9.80 Å². The fourth-order valence-corrected chi connectivity index (χ4v) is 4.62. The lowest BCUT2D eigenvalue weighted by Gasteiger charge is -2.40. The summed E-state index contributed by atoms with van der Waals surface area (Å²) in [4.78, 5) is 14.5. The van der Waals surface area contributed by atoms with Gasteiger partial charge in [0.15, 0.2) is 5.11 Å². The highest BCUT2D eigenvalue weighted by Gasteiger charge is 2.42. The second kappa shape index (κ2) is 14.6. The van der Waals surface area contributed by atoms with Gasteiger partial charge in [0.1, 0.15) is 0 Å². The van der Waals surface area contributed by atoms with Crippen molar-refractivity contribution in [3.63, 3.8) is 0 Å². The molecule has 0 spiro atoms. The van der Waals surface area contributed by atoms with E-state index in [4.69, 9.17) is 12.2 Å². The number of para-hydroxylation sites is 2. The van der Waals surface area contributed by atoms with Gasteiger partial charge in [-0.1, -0.05) is 36.4 Å². The maximum Gasteiger partial charge on any atom is 0.321 e. The van der Waals surface area contributed by atoms with E-state index in [1.807, 2.05) is 18.2 Å². The Morgan fingerprint density at radius 3 is 1.55 bits per heavy atom. The topological polar surface area (TPSA) is 129 Å². The SMILES string of the molecule is O=C(Nc1ccccc1)N1C[C@@H](O)[C@H](O)[C@@H](C(F)F)C1.O[C@H]1[C@H](O)CN(C(=S)Nc2ccccc2)C[C@@H]1C(F)F. The van der Waals surface area contributed by atoms with Gasteiger partial charge in [0.05, 0.1) is 42.8 Å². The monoisotopic (exact) mass is 588 g/mol. The number of hydrogen-bond donors (Lipinski definition) is 6. The molecule has 0 bridgehead atoms. The third kappa shape index (κ3) is 8.48. The smallest absolute Gasteiger partial charge is 0.321 e. The van der Waals surface area contributed by atoms with Gasteiger partial charge in [0.2, 0.25) is 12.9 Å². The molecular formula is C26H32F4N4O5S. The number of piperidine rings is 2. The average Bonchev–Trinajstić information content (AvgIpc) is 2.92. The number of aliphatic hydroxyl groups is 4. The number of nitrogens with one attached hydrogen (secondary N) is 2. The van der Waals surface area contributed by atoms with Crippen molar-refractivity contribution in [3.8, 4) is 0 Å². The summed E-state index contributed by atoms with van der Waals surface area (Å²) in [5.74, 6) is -2.76. The highest BCUT2D eigenvalue weighted by molar-refractivity contribution is 7.80. The normalized spacial score (nSPS) is 26.6. The largest absolute Gasteiger partial charge is 0.390 e. The number of carbonyl (C=O) groups excluding carboxylic acids is 1. The Bertz CT molecular complexity index is 1010. The molecular weight excluding hydrogens is 556 g/mol. The van der Waals surface area contributed by atoms with Crippen LogP contribution >= 0.6 is 12.2 Å². The molecule has 2 fully saturated rings. The van der Waals surface area contributed by atoms with E-state index < -0.39 is 55.1 Å². The number of anilines is 2. The summed E-state index contributed by atoms with van der Waals surface area (Å²) in [6.07, 6.45) is -11.1. The van der Waals surface area contributed by atoms with Crippen LogP contribution in [0.15, 0.2) is 60.7 Å². The molecule has 2 saturated heterocycles. The molecule has 6 N–H and O–H groups in total. The van der Waals surface area contributed by atoms with E-state index in [-0.39, 0.29) is 31.3 Å². The molecule has 2 amide bonds. The first-order valence-electron chi connectivity index (χ1n) is 12.5. The lowest BCUT2D eigenvalue weighted by molar-refractivity contribution is -0.106. The molecule has 2 aliphatic rings. The quantitative estimate of drug-likeness (QED) is 0.238. The van der Waals surface area contributed by atoms with Gasteiger partial charge in [-0.2, -0.15) is 0 Å². The number of nitrogens with zero attached hydrogens (tertiary/aromatic N) is 2. The number of alkyl halides is 4. The predicted molar refractivity (Wildman–Crippen MR) is 144 cm³/mol. The van der Waals surface area contributed by atoms with Crippen LogP contribution in [0.5, 0.6) is 0 Å². The molecule has 2 aromatic rings. The molecule has 0 aliphatic carbocycles. The Hall–Kier alpha value is -3.04. The van der Waals surface area contributed by atoms with Crippen LogP contribution < -0.4 is 10.6 Å². The van der Waals surface area contributed by atoms with E-state index in [1.54, 1.807) is 42.5 Å². The zero-order valence-electron chi connectivity index (χ0n) is 21.2. The standard InChI is InChI=1S/C13H16F2N2O3.C13H16F2N2O2S/c2*14-12(15)9-6-17(7-10(18)11(9)19)13(20)16-8-4-2-1-3-5-8/h2*1-5,9-12,18-19H,6-7H2,(H,16,20)/t2*9-,10+,11+/m00/s1. The maximum atomic E-state index is 12.8. The van der Waals surface area contributed by atoms with Crippen molar-refractivity contribution in [2.24, 2.45) is 11.8 Å². The van der Waals surface area contributed by atoms with Gasteiger partial charge < -0.3 is 40.9 Å². The van der Waals surface area contributed by atoms with Crippen molar-refractivity contribution in [1.29, 1.82) is 0 Å². The molecule has 0 saturated carbocycles. The Morgan fingerprint density at radius 2 is 1.10 bits per heavy atom. The number of rotatable bonds is 4. The van der Waals surface area contributed by atoms with E-state index in [1.165, 1.54) is 4.90 Å². The predicted octanol–water partition coefficient (Wildman–Crippen LogP) is 2.44. The minimum absolute atomic E-state index is 0.0308. The number of likely N-dealkylation sites (tertiary alicyclic amines) is 2. The molecule has 0 radical (unpaired) electrons. The summed E-state index contributed by atoms with van der Waals surface area (Å²) in [6.45, 7) is -0.533. The van der Waals surface area contributed by atoms with Crippen LogP contribution in [0.3, 0.4) is 0 Å². The Morgan fingerprint density at radius 1 is 0.700 bits per heavy atom. The minimum Gasteiger partial charge on any atom is -0.390 e. The van der Waals surface area contributed by atoms with E-state index in [2.05, 4.69) is 10.6 Å². The van der Waals surface area contributed by atoms with Crippen LogP contribution in [-0.2, 0) is 0 Å². The Labute approximate surface area is 234 Å². The van der Waals surface area contributed by atoms with Crippen molar-refractivity contribution in [3.05, 3.63) is 60.7 Å². The summed E-state index contributed by atoms with van der Waals surface area (Å²) >= 11 is 5.16. The number of thiocarbonyl (C=S) groups is 1. The number of carbonyl (C=O) groups is 1. The number of aliphatic hydroxyl groups excluding tert-OH is 4. The van der Waals surface area contributed by atoms with Crippen molar-refractivity contribution in [2.75, 3.05) is 36.8 Å². The van der Waals surface area contributed by atoms with E-state index in [0.29, 0.717) is 5.69 Å². The molecule has 0 aromatic heterocycles. The average molecular weight is 589 g/mol. The zero-order valence-corrected chi connectivity index (χ0v) is 22.0. The zero-order chi connectivity index (χ0) is 29.4. The van der Waals surface area contributed by atoms with Crippen molar-refractivity contribution < 1.29 is 42.8 Å². The highest BCUT2D eigenvalue weighted by Crippen LogP contribution is 2.25. The van der Waals surface area contributed by atoms with Gasteiger partial charge in [0, 0.05) is 31.0 Å². The van der Waals surface area contributed by atoms with Crippen LogP contribution in [0, 0.1) is 11.8 Å². The van der Waals surface area contributed by atoms with E-state index >= 15 is 0 Å². The minimum atomic E-state index is -2.80. The van der Waals surface area contributed by atoms with Crippen LogP contribution in [0.25, 0.3) is 0 Å². The third-order valence-corrected chi connectivity index (χ3v) is 6.98. The molecule has 0 unspecified atom stereocenters. The van der Waals surface area contributed by atoms with Gasteiger partial charge in [-0.15, -0.1) is 0 Å². The maximum absolute atomic E-state index is 12.8. The molecule has 2 heterocycles. The Balaban J connectivity index is 0.000000220. The number of β-amino-alcohol motifs (C(OH)–C–C–N with tert-alkyl or cyclic N) is 2. The third-order valence-electron chi connectivity index (χ3n) is 6.61. The molecule has 40 heavy (non-hydrogen) atoms. The summed E-state index contributed by atoms with van der Waals surface area (Å²) in [7, 11) is 0. The van der Waals surface area contributed by atoms with Gasteiger partial charge in [-0.3, -0.25) is 0 Å². The first-order valence-corrected chi connectivity index (χ1v) is 12.9. The summed E-state index contributed by atoms with van der Waals surface area (Å²) in [5.41, 5.74) is 1.28. The second-order valence-corrected chi connectivity index (χ2v) is 9.90. The fraction of sp³-hybridized carbons (Fsp3) is 0.462. The number of urea groups is 1. The Kier molecular flexibility index (Phi) is 11.5. The fourth-order valence-electron chi connectivity index (χ4n) is 4.35. The number of amides is 2. The molecule has 14 heteroatoms. The van der Waals surface area contributed by atoms with E-state index in [9.17, 15) is 42.8 Å². The van der Waals surface area contributed by atoms with Crippen molar-refractivity contribution in [2.45, 2.75) is 37.3 Å². The molecule has 9 nitrogen and oxygen atoms in total. The summed E-state index contributed by atoms with van der Waals surface area (Å²) < 4.78 is 51.2. The van der Waals surface area contributed by atoms with Crippen LogP contribution in [0.1, 0.15) is 0 Å². The summed E-state index contributed by atoms with van der Waals surface area (Å²) in [5, 5.41) is 44.1. The number of benzene rings is 2. The van der Waals surface area contributed by atoms with Crippen LogP contribution in [-0.4, -0.2) is 105 Å². The second-order valence-electron chi connectivity index (χ2n) is 9.51. The molecule has 220 valence electrons. The van der Waals surface area contributed by atoms with Crippen LogP contribution in [0.2, 0.25) is 0 Å². The van der Waals surface area contributed by atoms with Gasteiger partial charge in [0.25, 0.3) is 0 Å². The van der Waals surface area contributed by atoms with Gasteiger partial charge in [-0.25, -0.2) is 22.4 Å². The van der Waals surface area contributed by atoms with Gasteiger partial charge in [-0.05, 0) is 36.5 Å². The van der Waals surface area contributed by atoms with E-state index in [0.717, 1.165) is 10.6 Å². The number of hydrogen-bond acceptors (Lipinski definition) is 6. The number of halogens is 4. The molecule has 2 aromatic carbocycles.